The monoisotopic (exact) mass is 527 g/mol. The molecule has 0 saturated heterocycles. The minimum Gasteiger partial charge on any atom is -0.336 e. The molecule has 0 aliphatic carbocycles. The standard InChI is InChI=1S/C27H22FN7O2S/c1-15-8-9-29-14-20(15)21-6-7-23-25(31-21)26(35-34-23)27-32-22-5-3-4-19(24(22)33-27)17-10-16(11-18(28)12-17)13-30-38(2,36)37/h3-12,14,30H,13H2,1-2H3,(H,32,33)(H,34,35). The van der Waals surface area contributed by atoms with Crippen LogP contribution in [0.5, 0.6) is 0 Å². The van der Waals surface area contributed by atoms with Crippen molar-refractivity contribution in [2.75, 3.05) is 6.26 Å². The summed E-state index contributed by atoms with van der Waals surface area (Å²) in [4.78, 5) is 17.2. The topological polar surface area (TPSA) is 129 Å². The van der Waals surface area contributed by atoms with Gasteiger partial charge in [-0.3, -0.25) is 10.1 Å². The predicted octanol–water partition coefficient (Wildman–Crippen LogP) is 4.73. The van der Waals surface area contributed by atoms with Crippen LogP contribution < -0.4 is 4.72 Å². The Hall–Kier alpha value is -4.48. The van der Waals surface area contributed by atoms with Crippen LogP contribution in [0.15, 0.2) is 67.0 Å². The summed E-state index contributed by atoms with van der Waals surface area (Å²) in [6.45, 7) is 1.99. The van der Waals surface area contributed by atoms with Crippen LogP contribution in [0.4, 0.5) is 4.39 Å². The van der Waals surface area contributed by atoms with E-state index in [2.05, 4.69) is 24.9 Å². The molecule has 6 aromatic rings. The number of hydrogen-bond acceptors (Lipinski definition) is 6. The molecule has 4 heterocycles. The second kappa shape index (κ2) is 9.12. The maximum Gasteiger partial charge on any atom is 0.209 e. The van der Waals surface area contributed by atoms with Crippen LogP contribution in [-0.2, 0) is 16.6 Å². The fourth-order valence-corrected chi connectivity index (χ4v) is 4.87. The summed E-state index contributed by atoms with van der Waals surface area (Å²) >= 11 is 0. The molecular weight excluding hydrogens is 505 g/mol. The Bertz CT molecular complexity index is 1950. The third-order valence-electron chi connectivity index (χ3n) is 6.27. The number of para-hydroxylation sites is 1. The minimum atomic E-state index is -3.42. The van der Waals surface area contributed by atoms with Gasteiger partial charge in [-0.1, -0.05) is 12.1 Å². The van der Waals surface area contributed by atoms with Crippen molar-refractivity contribution in [3.05, 3.63) is 83.9 Å². The molecule has 11 heteroatoms. The van der Waals surface area contributed by atoms with Gasteiger partial charge >= 0.3 is 0 Å². The number of hydrogen-bond donors (Lipinski definition) is 3. The van der Waals surface area contributed by atoms with Crippen molar-refractivity contribution in [2.45, 2.75) is 13.5 Å². The summed E-state index contributed by atoms with van der Waals surface area (Å²) in [7, 11) is -3.42. The van der Waals surface area contributed by atoms with Gasteiger partial charge in [-0.05, 0) is 66.1 Å². The maximum atomic E-state index is 14.5. The van der Waals surface area contributed by atoms with Crippen molar-refractivity contribution in [2.24, 2.45) is 0 Å². The van der Waals surface area contributed by atoms with Crippen LogP contribution in [0, 0.1) is 12.7 Å². The summed E-state index contributed by atoms with van der Waals surface area (Å²) < 4.78 is 39.9. The van der Waals surface area contributed by atoms with Crippen molar-refractivity contribution in [3.8, 4) is 33.9 Å². The summed E-state index contributed by atoms with van der Waals surface area (Å²) in [5, 5.41) is 7.49. The van der Waals surface area contributed by atoms with Gasteiger partial charge in [0.15, 0.2) is 11.5 Å². The lowest BCUT2D eigenvalue weighted by molar-refractivity contribution is 0.586. The first kappa shape index (κ1) is 23.9. The van der Waals surface area contributed by atoms with E-state index < -0.39 is 15.8 Å². The first-order chi connectivity index (χ1) is 18.2. The Labute approximate surface area is 217 Å². The molecule has 0 spiro atoms. The summed E-state index contributed by atoms with van der Waals surface area (Å²) in [6.07, 6.45) is 4.60. The van der Waals surface area contributed by atoms with E-state index >= 15 is 0 Å². The average molecular weight is 528 g/mol. The van der Waals surface area contributed by atoms with Crippen LogP contribution in [0.3, 0.4) is 0 Å². The number of halogens is 1. The van der Waals surface area contributed by atoms with E-state index in [0.29, 0.717) is 39.2 Å². The number of rotatable bonds is 6. The zero-order valence-electron chi connectivity index (χ0n) is 20.4. The van der Waals surface area contributed by atoms with Gasteiger partial charge in [0.2, 0.25) is 10.0 Å². The van der Waals surface area contributed by atoms with Gasteiger partial charge in [0, 0.05) is 30.1 Å². The summed E-state index contributed by atoms with van der Waals surface area (Å²) in [6, 6.07) is 15.8. The third kappa shape index (κ3) is 4.53. The van der Waals surface area contributed by atoms with Crippen LogP contribution in [0.25, 0.3) is 56.0 Å². The van der Waals surface area contributed by atoms with Crippen molar-refractivity contribution in [1.82, 2.24) is 34.9 Å². The highest BCUT2D eigenvalue weighted by Gasteiger charge is 2.18. The number of H-pyrrole nitrogens is 2. The van der Waals surface area contributed by atoms with Crippen molar-refractivity contribution >= 4 is 32.1 Å². The number of benzene rings is 2. The quantitative estimate of drug-likeness (QED) is 0.287. The van der Waals surface area contributed by atoms with E-state index in [-0.39, 0.29) is 6.54 Å². The smallest absolute Gasteiger partial charge is 0.209 e. The van der Waals surface area contributed by atoms with Gasteiger partial charge in [0.05, 0.1) is 28.5 Å². The molecule has 0 fully saturated rings. The SMILES string of the molecule is Cc1ccncc1-c1ccc2[nH]nc(-c3nc4c(-c5cc(F)cc(CNS(C)(=O)=O)c5)cccc4[nH]3)c2n1. The highest BCUT2D eigenvalue weighted by atomic mass is 32.2. The molecule has 0 atom stereocenters. The Morgan fingerprint density at radius 3 is 2.66 bits per heavy atom. The Balaban J connectivity index is 1.44. The van der Waals surface area contributed by atoms with E-state index in [4.69, 9.17) is 9.97 Å². The molecule has 9 nitrogen and oxygen atoms in total. The molecule has 6 rings (SSSR count). The highest BCUT2D eigenvalue weighted by Crippen LogP contribution is 2.33. The molecule has 0 amide bonds. The molecule has 3 N–H and O–H groups in total. The molecular formula is C27H22FN7O2S. The number of pyridine rings is 2. The van der Waals surface area contributed by atoms with Gasteiger partial charge in [-0.2, -0.15) is 5.10 Å². The van der Waals surface area contributed by atoms with Crippen molar-refractivity contribution in [1.29, 1.82) is 0 Å². The fourth-order valence-electron chi connectivity index (χ4n) is 4.45. The first-order valence-corrected chi connectivity index (χ1v) is 13.6. The van der Waals surface area contributed by atoms with E-state index in [0.717, 1.165) is 34.1 Å². The zero-order valence-corrected chi connectivity index (χ0v) is 21.3. The van der Waals surface area contributed by atoms with E-state index in [1.54, 1.807) is 18.5 Å². The van der Waals surface area contributed by atoms with E-state index in [9.17, 15) is 12.8 Å². The molecule has 190 valence electrons. The second-order valence-electron chi connectivity index (χ2n) is 9.08. The number of imidazole rings is 1. The molecule has 0 aliphatic rings. The number of aromatic amines is 2. The molecule has 0 radical (unpaired) electrons. The highest BCUT2D eigenvalue weighted by molar-refractivity contribution is 7.88. The van der Waals surface area contributed by atoms with Crippen molar-refractivity contribution in [3.63, 3.8) is 0 Å². The van der Waals surface area contributed by atoms with Crippen LogP contribution in [0.2, 0.25) is 0 Å². The molecule has 4 aromatic heterocycles. The number of fused-ring (bicyclic) bond motifs is 2. The fraction of sp³-hybridized carbons (Fsp3) is 0.111. The van der Waals surface area contributed by atoms with Gasteiger partial charge in [0.1, 0.15) is 11.3 Å². The van der Waals surface area contributed by atoms with Gasteiger partial charge in [0.25, 0.3) is 0 Å². The number of aromatic nitrogens is 6. The van der Waals surface area contributed by atoms with Crippen molar-refractivity contribution < 1.29 is 12.8 Å². The lowest BCUT2D eigenvalue weighted by atomic mass is 10.0. The Morgan fingerprint density at radius 2 is 1.84 bits per heavy atom. The molecule has 38 heavy (non-hydrogen) atoms. The molecule has 0 unspecified atom stereocenters. The van der Waals surface area contributed by atoms with Gasteiger partial charge in [-0.15, -0.1) is 0 Å². The first-order valence-electron chi connectivity index (χ1n) is 11.7. The third-order valence-corrected chi connectivity index (χ3v) is 6.94. The number of sulfonamides is 1. The molecule has 2 aromatic carbocycles. The van der Waals surface area contributed by atoms with Crippen LogP contribution >= 0.6 is 0 Å². The number of nitrogens with one attached hydrogen (secondary N) is 3. The second-order valence-corrected chi connectivity index (χ2v) is 10.9. The summed E-state index contributed by atoms with van der Waals surface area (Å²) in [5.41, 5.74) is 7.90. The normalized spacial score (nSPS) is 12.0. The Kier molecular flexibility index (Phi) is 5.73. The largest absolute Gasteiger partial charge is 0.336 e. The molecule has 0 aliphatic heterocycles. The van der Waals surface area contributed by atoms with Crippen LogP contribution in [-0.4, -0.2) is 44.8 Å². The zero-order chi connectivity index (χ0) is 26.4. The van der Waals surface area contributed by atoms with Gasteiger partial charge < -0.3 is 4.98 Å². The molecule has 0 bridgehead atoms. The lowest BCUT2D eigenvalue weighted by Gasteiger charge is -2.08. The number of aryl methyl sites for hydroxylation is 1. The summed E-state index contributed by atoms with van der Waals surface area (Å²) in [5.74, 6) is 0.0444. The van der Waals surface area contributed by atoms with E-state index in [1.807, 2.05) is 43.3 Å². The minimum absolute atomic E-state index is 0.0188. The Morgan fingerprint density at radius 1 is 0.974 bits per heavy atom. The molecule has 0 saturated carbocycles. The van der Waals surface area contributed by atoms with Crippen LogP contribution in [0.1, 0.15) is 11.1 Å². The van der Waals surface area contributed by atoms with Gasteiger partial charge in [-0.25, -0.2) is 27.5 Å². The van der Waals surface area contributed by atoms with E-state index in [1.165, 1.54) is 12.1 Å². The lowest BCUT2D eigenvalue weighted by Crippen LogP contribution is -2.21. The maximum absolute atomic E-state index is 14.5. The average Bonchev–Trinajstić information content (AvgIpc) is 3.50. The number of nitrogens with zero attached hydrogens (tertiary/aromatic N) is 4. The predicted molar refractivity (Wildman–Crippen MR) is 144 cm³/mol.